The SMILES string of the molecule is CCCCCCCCCCCCCCCCCCCCCC(=O)O[C@H](COC(=O)CCCCCCCCCCCCCCCCC(C)CC)COP(=O)(O)OC[C@@H](O)COP(=O)(O)OC[C@@H](COC(=O)CCCCCCCCC)OC(=O)CCCCCCCCCCC(C)C. The Morgan fingerprint density at radius 2 is 0.537 bits per heavy atom. The van der Waals surface area contributed by atoms with Gasteiger partial charge in [-0.1, -0.05) is 343 Å². The Morgan fingerprint density at radius 3 is 0.800 bits per heavy atom. The smallest absolute Gasteiger partial charge is 0.462 e. The number of phosphoric acid groups is 2. The molecule has 0 spiro atoms. The van der Waals surface area contributed by atoms with Gasteiger partial charge in [-0.25, -0.2) is 9.13 Å². The quantitative estimate of drug-likeness (QED) is 0.0222. The van der Waals surface area contributed by atoms with E-state index in [2.05, 4.69) is 41.5 Å². The number of unbranched alkanes of at least 4 members (excludes halogenated alkanes) is 44. The lowest BCUT2D eigenvalue weighted by atomic mass is 9.99. The molecule has 0 aliphatic heterocycles. The van der Waals surface area contributed by atoms with Crippen LogP contribution in [0.15, 0.2) is 0 Å². The van der Waals surface area contributed by atoms with E-state index >= 15 is 0 Å². The summed E-state index contributed by atoms with van der Waals surface area (Å²) >= 11 is 0. The van der Waals surface area contributed by atoms with Crippen LogP contribution in [0.25, 0.3) is 0 Å². The van der Waals surface area contributed by atoms with Crippen molar-refractivity contribution in [1.29, 1.82) is 0 Å². The summed E-state index contributed by atoms with van der Waals surface area (Å²) in [6, 6.07) is 0. The molecule has 0 bridgehead atoms. The van der Waals surface area contributed by atoms with Crippen molar-refractivity contribution < 1.29 is 80.2 Å². The highest BCUT2D eigenvalue weighted by molar-refractivity contribution is 7.47. The first kappa shape index (κ1) is 93.1. The van der Waals surface area contributed by atoms with Crippen molar-refractivity contribution in [3.8, 4) is 0 Å². The van der Waals surface area contributed by atoms with Crippen molar-refractivity contribution in [2.24, 2.45) is 11.8 Å². The lowest BCUT2D eigenvalue weighted by Gasteiger charge is -2.21. The van der Waals surface area contributed by atoms with E-state index in [4.69, 9.17) is 37.0 Å². The summed E-state index contributed by atoms with van der Waals surface area (Å²) in [5.41, 5.74) is 0. The molecule has 0 saturated carbocycles. The Bertz CT molecular complexity index is 1840. The van der Waals surface area contributed by atoms with Gasteiger partial charge in [0.1, 0.15) is 19.3 Å². The minimum absolute atomic E-state index is 0.104. The normalized spacial score (nSPS) is 14.3. The van der Waals surface area contributed by atoms with E-state index < -0.39 is 97.5 Å². The number of carbonyl (C=O) groups is 4. The third-order valence-corrected chi connectivity index (χ3v) is 20.0. The molecule has 0 rings (SSSR count). The Morgan fingerprint density at radius 1 is 0.305 bits per heavy atom. The van der Waals surface area contributed by atoms with Gasteiger partial charge < -0.3 is 33.8 Å². The highest BCUT2D eigenvalue weighted by Crippen LogP contribution is 2.45. The van der Waals surface area contributed by atoms with Crippen LogP contribution in [-0.2, 0) is 65.4 Å². The van der Waals surface area contributed by atoms with E-state index in [1.54, 1.807) is 0 Å². The number of carbonyl (C=O) groups excluding carboxylic acids is 4. The fourth-order valence-electron chi connectivity index (χ4n) is 11.6. The minimum Gasteiger partial charge on any atom is -0.462 e. The lowest BCUT2D eigenvalue weighted by Crippen LogP contribution is -2.30. The monoisotopic (exact) mass is 1400 g/mol. The van der Waals surface area contributed by atoms with E-state index in [0.29, 0.717) is 25.7 Å². The largest absolute Gasteiger partial charge is 0.472 e. The predicted molar refractivity (Wildman–Crippen MR) is 386 cm³/mol. The first-order valence-corrected chi connectivity index (χ1v) is 42.5. The summed E-state index contributed by atoms with van der Waals surface area (Å²) in [6.45, 7) is 9.57. The first-order chi connectivity index (χ1) is 45.9. The summed E-state index contributed by atoms with van der Waals surface area (Å²) < 4.78 is 68.4. The Hall–Kier alpha value is -1.94. The number of esters is 4. The molecule has 6 atom stereocenters. The minimum atomic E-state index is -4.96. The molecular weight excluding hydrogens is 1250 g/mol. The fraction of sp³-hybridized carbons (Fsp3) is 0.947. The first-order valence-electron chi connectivity index (χ1n) is 39.5. The van der Waals surface area contributed by atoms with Crippen LogP contribution in [-0.4, -0.2) is 96.7 Å². The molecule has 17 nitrogen and oxygen atoms in total. The number of hydrogen-bond donors (Lipinski definition) is 3. The molecule has 0 aliphatic rings. The molecule has 564 valence electrons. The zero-order valence-corrected chi connectivity index (χ0v) is 63.8. The topological polar surface area (TPSA) is 237 Å². The highest BCUT2D eigenvalue weighted by Gasteiger charge is 2.30. The molecule has 0 saturated heterocycles. The molecule has 3 N–H and O–H groups in total. The maximum Gasteiger partial charge on any atom is 0.472 e. The van der Waals surface area contributed by atoms with Gasteiger partial charge in [-0.3, -0.25) is 37.3 Å². The van der Waals surface area contributed by atoms with Crippen LogP contribution in [0.5, 0.6) is 0 Å². The van der Waals surface area contributed by atoms with Crippen LogP contribution in [0.4, 0.5) is 0 Å². The Balaban J connectivity index is 5.18. The molecule has 0 aliphatic carbocycles. The van der Waals surface area contributed by atoms with Gasteiger partial charge in [-0.2, -0.15) is 0 Å². The van der Waals surface area contributed by atoms with Crippen molar-refractivity contribution in [2.45, 2.75) is 413 Å². The number of aliphatic hydroxyl groups excluding tert-OH is 1. The van der Waals surface area contributed by atoms with Gasteiger partial charge in [0.2, 0.25) is 0 Å². The van der Waals surface area contributed by atoms with Crippen LogP contribution in [0, 0.1) is 11.8 Å². The second-order valence-corrected chi connectivity index (χ2v) is 31.0. The van der Waals surface area contributed by atoms with E-state index in [0.717, 1.165) is 115 Å². The van der Waals surface area contributed by atoms with E-state index in [1.807, 2.05) is 0 Å². The van der Waals surface area contributed by atoms with Crippen molar-refractivity contribution >= 4 is 39.5 Å². The average molecular weight is 1400 g/mol. The van der Waals surface area contributed by atoms with Crippen molar-refractivity contribution in [3.05, 3.63) is 0 Å². The number of phosphoric ester groups is 2. The molecule has 3 unspecified atom stereocenters. The summed E-state index contributed by atoms with van der Waals surface area (Å²) in [5.74, 6) is -0.554. The average Bonchev–Trinajstić information content (AvgIpc) is 1.87. The van der Waals surface area contributed by atoms with Gasteiger partial charge in [0.05, 0.1) is 26.4 Å². The van der Waals surface area contributed by atoms with Crippen LogP contribution >= 0.6 is 15.6 Å². The molecule has 0 aromatic rings. The number of aliphatic hydroxyl groups is 1. The van der Waals surface area contributed by atoms with Gasteiger partial charge in [0.15, 0.2) is 12.2 Å². The van der Waals surface area contributed by atoms with Gasteiger partial charge in [0.25, 0.3) is 0 Å². The van der Waals surface area contributed by atoms with E-state index in [1.165, 1.54) is 199 Å². The number of ether oxygens (including phenoxy) is 4. The summed E-state index contributed by atoms with van der Waals surface area (Å²) in [6.07, 6.45) is 55.7. The van der Waals surface area contributed by atoms with Gasteiger partial charge in [0, 0.05) is 25.7 Å². The van der Waals surface area contributed by atoms with Crippen molar-refractivity contribution in [3.63, 3.8) is 0 Å². The fourth-order valence-corrected chi connectivity index (χ4v) is 13.2. The zero-order valence-electron chi connectivity index (χ0n) is 62.0. The second-order valence-electron chi connectivity index (χ2n) is 28.1. The van der Waals surface area contributed by atoms with E-state index in [9.17, 15) is 43.2 Å². The number of rotatable bonds is 75. The Kier molecular flexibility index (Phi) is 66.5. The molecule has 0 amide bonds. The molecule has 0 radical (unpaired) electrons. The lowest BCUT2D eigenvalue weighted by molar-refractivity contribution is -0.161. The summed E-state index contributed by atoms with van der Waals surface area (Å²) in [4.78, 5) is 72.6. The molecule has 0 aromatic carbocycles. The molecule has 95 heavy (non-hydrogen) atoms. The molecule has 19 heteroatoms. The second kappa shape index (κ2) is 67.9. The van der Waals surface area contributed by atoms with Crippen molar-refractivity contribution in [2.75, 3.05) is 39.6 Å². The predicted octanol–water partition coefficient (Wildman–Crippen LogP) is 22.3. The number of hydrogen-bond acceptors (Lipinski definition) is 15. The third-order valence-electron chi connectivity index (χ3n) is 18.1. The molecule has 0 heterocycles. The molecule has 0 aromatic heterocycles. The zero-order chi connectivity index (χ0) is 70.0. The summed E-state index contributed by atoms with van der Waals surface area (Å²) in [7, 11) is -9.90. The van der Waals surface area contributed by atoms with Crippen LogP contribution in [0.2, 0.25) is 0 Å². The highest BCUT2D eigenvalue weighted by atomic mass is 31.2. The maximum atomic E-state index is 13.1. The maximum absolute atomic E-state index is 13.1. The molecular formula is C76H148O17P2. The third kappa shape index (κ3) is 69.0. The van der Waals surface area contributed by atoms with E-state index in [-0.39, 0.29) is 25.7 Å². The van der Waals surface area contributed by atoms with Crippen LogP contribution in [0.1, 0.15) is 395 Å². The molecule has 0 fully saturated rings. The van der Waals surface area contributed by atoms with Gasteiger partial charge in [-0.05, 0) is 37.5 Å². The van der Waals surface area contributed by atoms with Crippen molar-refractivity contribution in [1.82, 2.24) is 0 Å². The summed E-state index contributed by atoms with van der Waals surface area (Å²) in [5, 5.41) is 10.6. The van der Waals surface area contributed by atoms with Gasteiger partial charge in [-0.15, -0.1) is 0 Å². The van der Waals surface area contributed by atoms with Crippen LogP contribution < -0.4 is 0 Å². The Labute approximate surface area is 581 Å². The van der Waals surface area contributed by atoms with Gasteiger partial charge >= 0.3 is 39.5 Å². The standard InChI is InChI=1S/C76H148O17P2/c1-7-10-12-14-16-17-18-19-20-21-22-23-24-29-32-35-42-48-54-60-75(80)92-72(65-87-74(79)59-53-47-41-34-31-28-26-25-27-30-33-40-45-51-57-69(6)9-3)67-91-95(84,85)89-63-70(77)62-88-94(82,83)90-66-71(64-86-73(78)58-52-46-38-15-13-11-8-2)93-76(81)61-55-49-43-37-36-39-44-50-56-68(4)5/h68-72,77H,7-67H2,1-6H3,(H,82,83)(H,84,85)/t69?,70-,71+,72+/m0/s1. The van der Waals surface area contributed by atoms with Crippen LogP contribution in [0.3, 0.4) is 0 Å².